The molecule has 1 N–H and O–H groups in total. The molecule has 0 saturated carbocycles. The van der Waals surface area contributed by atoms with Crippen LogP contribution in [0.4, 0.5) is 0 Å². The topological polar surface area (TPSA) is 49.4 Å². The molecule has 4 nitrogen and oxygen atoms in total. The van der Waals surface area contributed by atoms with Crippen LogP contribution in [-0.2, 0) is 9.59 Å². The van der Waals surface area contributed by atoms with E-state index in [2.05, 4.69) is 11.9 Å². The zero-order valence-corrected chi connectivity index (χ0v) is 10.7. The van der Waals surface area contributed by atoms with Crippen LogP contribution in [0.25, 0.3) is 0 Å². The predicted molar refractivity (Wildman–Crippen MR) is 67.2 cm³/mol. The number of hydrogen-bond donors (Lipinski definition) is 1. The first-order chi connectivity index (χ1) is 7.95. The first-order valence-corrected chi connectivity index (χ1v) is 5.58. The SMILES string of the molecule is C=C(Cl)/C=C1\C/C(=C\C)N(C)C(=O)CNC1=O. The highest BCUT2D eigenvalue weighted by atomic mass is 35.5. The van der Waals surface area contributed by atoms with E-state index < -0.39 is 0 Å². The van der Waals surface area contributed by atoms with Crippen molar-refractivity contribution in [3.63, 3.8) is 0 Å². The van der Waals surface area contributed by atoms with Crippen molar-refractivity contribution in [2.75, 3.05) is 13.6 Å². The predicted octanol–water partition coefficient (Wildman–Crippen LogP) is 1.55. The quantitative estimate of drug-likeness (QED) is 0.722. The molecule has 2 amide bonds. The highest BCUT2D eigenvalue weighted by molar-refractivity contribution is 6.31. The summed E-state index contributed by atoms with van der Waals surface area (Å²) < 4.78 is 0. The van der Waals surface area contributed by atoms with Crippen molar-refractivity contribution in [1.82, 2.24) is 10.2 Å². The van der Waals surface area contributed by atoms with E-state index in [0.717, 1.165) is 5.70 Å². The second-order valence-corrected chi connectivity index (χ2v) is 4.19. The van der Waals surface area contributed by atoms with Gasteiger partial charge in [-0.15, -0.1) is 0 Å². The Morgan fingerprint density at radius 3 is 2.71 bits per heavy atom. The first-order valence-electron chi connectivity index (χ1n) is 5.20. The summed E-state index contributed by atoms with van der Waals surface area (Å²) >= 11 is 5.68. The zero-order chi connectivity index (χ0) is 13.0. The van der Waals surface area contributed by atoms with Gasteiger partial charge >= 0.3 is 0 Å². The lowest BCUT2D eigenvalue weighted by atomic mass is 10.1. The van der Waals surface area contributed by atoms with Crippen molar-refractivity contribution in [2.45, 2.75) is 13.3 Å². The number of carbonyl (C=O) groups is 2. The van der Waals surface area contributed by atoms with Crippen molar-refractivity contribution in [1.29, 1.82) is 0 Å². The fourth-order valence-electron chi connectivity index (χ4n) is 1.54. The molecule has 0 atom stereocenters. The number of rotatable bonds is 1. The molecule has 0 aliphatic carbocycles. The van der Waals surface area contributed by atoms with E-state index in [9.17, 15) is 9.59 Å². The van der Waals surface area contributed by atoms with E-state index >= 15 is 0 Å². The van der Waals surface area contributed by atoms with Crippen molar-refractivity contribution < 1.29 is 9.59 Å². The van der Waals surface area contributed by atoms with Crippen molar-refractivity contribution >= 4 is 23.4 Å². The van der Waals surface area contributed by atoms with Crippen LogP contribution in [0, 0.1) is 0 Å². The van der Waals surface area contributed by atoms with Crippen LogP contribution in [0.5, 0.6) is 0 Å². The Morgan fingerprint density at radius 2 is 2.18 bits per heavy atom. The third kappa shape index (κ3) is 3.46. The normalized spacial score (nSPS) is 22.4. The van der Waals surface area contributed by atoms with Gasteiger partial charge in [-0.2, -0.15) is 0 Å². The molecule has 0 aromatic heterocycles. The summed E-state index contributed by atoms with van der Waals surface area (Å²) in [5.74, 6) is -0.428. The standard InChI is InChI=1S/C12H15ClN2O2/c1-4-10-6-9(5-8(2)13)12(17)14-7-11(16)15(10)3/h4-5H,2,6-7H2,1,3H3,(H,14,17)/b9-5+,10-4+. The minimum Gasteiger partial charge on any atom is -0.343 e. The van der Waals surface area contributed by atoms with Crippen LogP contribution in [0.3, 0.4) is 0 Å². The van der Waals surface area contributed by atoms with Gasteiger partial charge in [0, 0.05) is 29.8 Å². The molecular formula is C12H15ClN2O2. The molecular weight excluding hydrogens is 240 g/mol. The number of halogens is 1. The molecule has 0 aromatic carbocycles. The molecule has 5 heteroatoms. The lowest BCUT2D eigenvalue weighted by Crippen LogP contribution is -2.41. The summed E-state index contributed by atoms with van der Waals surface area (Å²) in [6.45, 7) is 5.34. The summed E-state index contributed by atoms with van der Waals surface area (Å²) in [5.41, 5.74) is 1.27. The van der Waals surface area contributed by atoms with Crippen LogP contribution in [0.1, 0.15) is 13.3 Å². The van der Waals surface area contributed by atoms with Gasteiger partial charge in [-0.3, -0.25) is 9.59 Å². The fraction of sp³-hybridized carbons (Fsp3) is 0.333. The summed E-state index contributed by atoms with van der Waals surface area (Å²) in [4.78, 5) is 24.9. The highest BCUT2D eigenvalue weighted by Crippen LogP contribution is 2.18. The molecule has 1 fully saturated rings. The Hall–Kier alpha value is -1.55. The molecule has 1 saturated heterocycles. The number of allylic oxidation sites excluding steroid dienone is 4. The van der Waals surface area contributed by atoms with Crippen LogP contribution < -0.4 is 5.32 Å². The molecule has 92 valence electrons. The lowest BCUT2D eigenvalue weighted by molar-refractivity contribution is -0.130. The number of amides is 2. The Labute approximate surface area is 106 Å². The fourth-order valence-corrected chi connectivity index (χ4v) is 1.68. The maximum absolute atomic E-state index is 11.7. The van der Waals surface area contributed by atoms with E-state index in [-0.39, 0.29) is 18.4 Å². The molecule has 0 unspecified atom stereocenters. The van der Waals surface area contributed by atoms with Gasteiger partial charge in [0.2, 0.25) is 11.8 Å². The smallest absolute Gasteiger partial charge is 0.248 e. The molecule has 1 aliphatic heterocycles. The van der Waals surface area contributed by atoms with Crippen LogP contribution in [0.2, 0.25) is 0 Å². The van der Waals surface area contributed by atoms with Crippen LogP contribution >= 0.6 is 11.6 Å². The number of nitrogens with one attached hydrogen (secondary N) is 1. The van der Waals surface area contributed by atoms with Crippen molar-refractivity contribution in [2.24, 2.45) is 0 Å². The molecule has 0 aromatic rings. The third-order valence-electron chi connectivity index (χ3n) is 2.53. The van der Waals surface area contributed by atoms with Gasteiger partial charge in [-0.25, -0.2) is 0 Å². The van der Waals surface area contributed by atoms with E-state index in [4.69, 9.17) is 11.6 Å². The minimum absolute atomic E-state index is 0.0151. The highest BCUT2D eigenvalue weighted by Gasteiger charge is 2.21. The van der Waals surface area contributed by atoms with E-state index in [1.54, 1.807) is 13.1 Å². The molecule has 1 heterocycles. The van der Waals surface area contributed by atoms with E-state index in [1.165, 1.54) is 11.0 Å². The minimum atomic E-state index is -0.285. The molecule has 0 spiro atoms. The first kappa shape index (κ1) is 13.5. The Morgan fingerprint density at radius 1 is 1.53 bits per heavy atom. The van der Waals surface area contributed by atoms with Crippen LogP contribution in [-0.4, -0.2) is 30.3 Å². The molecule has 1 aliphatic rings. The van der Waals surface area contributed by atoms with Gasteiger partial charge in [0.15, 0.2) is 0 Å². The van der Waals surface area contributed by atoms with Crippen molar-refractivity contribution in [3.8, 4) is 0 Å². The molecule has 0 radical (unpaired) electrons. The largest absolute Gasteiger partial charge is 0.343 e. The monoisotopic (exact) mass is 254 g/mol. The van der Waals surface area contributed by atoms with Gasteiger partial charge < -0.3 is 10.2 Å². The number of nitrogens with zero attached hydrogens (tertiary/aromatic N) is 1. The summed E-state index contributed by atoms with van der Waals surface area (Å²) in [7, 11) is 1.68. The number of carbonyl (C=O) groups excluding carboxylic acids is 2. The number of likely N-dealkylation sites (N-methyl/N-ethyl adjacent to an activating group) is 1. The Balaban J connectivity index is 3.07. The summed E-state index contributed by atoms with van der Waals surface area (Å²) in [6, 6.07) is 0. The third-order valence-corrected chi connectivity index (χ3v) is 2.64. The van der Waals surface area contributed by atoms with Gasteiger partial charge in [-0.05, 0) is 13.0 Å². The average Bonchev–Trinajstić information content (AvgIpc) is 2.28. The molecule has 1 rings (SSSR count). The average molecular weight is 255 g/mol. The van der Waals surface area contributed by atoms with Gasteiger partial charge in [-0.1, -0.05) is 24.3 Å². The van der Waals surface area contributed by atoms with Gasteiger partial charge in [0.25, 0.3) is 0 Å². The summed E-state index contributed by atoms with van der Waals surface area (Å²) in [6.07, 6.45) is 3.68. The zero-order valence-electron chi connectivity index (χ0n) is 9.92. The maximum atomic E-state index is 11.7. The lowest BCUT2D eigenvalue weighted by Gasteiger charge is -2.24. The van der Waals surface area contributed by atoms with E-state index in [0.29, 0.717) is 17.0 Å². The van der Waals surface area contributed by atoms with Crippen LogP contribution in [0.15, 0.2) is 35.0 Å². The second kappa shape index (κ2) is 5.68. The number of hydrogen-bond acceptors (Lipinski definition) is 2. The molecule has 17 heavy (non-hydrogen) atoms. The van der Waals surface area contributed by atoms with Crippen molar-refractivity contribution in [3.05, 3.63) is 35.0 Å². The second-order valence-electron chi connectivity index (χ2n) is 3.71. The Bertz CT molecular complexity index is 424. The molecule has 0 bridgehead atoms. The maximum Gasteiger partial charge on any atom is 0.248 e. The Kier molecular flexibility index (Phi) is 4.52. The van der Waals surface area contributed by atoms with Gasteiger partial charge in [0.05, 0.1) is 6.54 Å². The van der Waals surface area contributed by atoms with Gasteiger partial charge in [0.1, 0.15) is 0 Å². The van der Waals surface area contributed by atoms with E-state index in [1.807, 2.05) is 6.92 Å². The summed E-state index contributed by atoms with van der Waals surface area (Å²) in [5, 5.41) is 2.83.